The summed E-state index contributed by atoms with van der Waals surface area (Å²) in [5, 5.41) is 10.1. The molecule has 2 aromatic rings. The Morgan fingerprint density at radius 1 is 0.732 bits per heavy atom. The number of ether oxygens (including phenoxy) is 2. The minimum absolute atomic E-state index is 0.0418. The fraction of sp³-hybridized carbons (Fsp3) is 0.467. The number of carboxylic acids is 1. The van der Waals surface area contributed by atoms with Crippen molar-refractivity contribution < 1.29 is 38.6 Å². The summed E-state index contributed by atoms with van der Waals surface area (Å²) in [6.07, 6.45) is 1.56. The number of carboxylic acid groups (broad SMARTS) is 1. The van der Waals surface area contributed by atoms with Crippen molar-refractivity contribution in [2.24, 2.45) is 11.8 Å². The molecule has 0 saturated carbocycles. The SMILES string of the molecule is CON(C)C(=O)C1CCN(C(=O)OCc2ccccc2)CC1.O=C(O)C1CCN(C(=O)OCc2ccccc2)CC1. The Morgan fingerprint density at radius 2 is 1.12 bits per heavy atom. The first-order chi connectivity index (χ1) is 19.8. The van der Waals surface area contributed by atoms with E-state index in [0.29, 0.717) is 51.9 Å². The van der Waals surface area contributed by atoms with Gasteiger partial charge < -0.3 is 24.4 Å². The van der Waals surface area contributed by atoms with Crippen molar-refractivity contribution in [1.82, 2.24) is 14.9 Å². The van der Waals surface area contributed by atoms with Crippen molar-refractivity contribution in [3.05, 3.63) is 71.8 Å². The number of hydrogen-bond donors (Lipinski definition) is 1. The van der Waals surface area contributed by atoms with Crippen LogP contribution in [0.1, 0.15) is 36.8 Å². The van der Waals surface area contributed by atoms with E-state index in [2.05, 4.69) is 0 Å². The van der Waals surface area contributed by atoms with Gasteiger partial charge in [0.1, 0.15) is 13.2 Å². The predicted molar refractivity (Wildman–Crippen MR) is 149 cm³/mol. The summed E-state index contributed by atoms with van der Waals surface area (Å²) in [5.74, 6) is -1.25. The van der Waals surface area contributed by atoms with Gasteiger partial charge in [-0.15, -0.1) is 0 Å². The first-order valence-electron chi connectivity index (χ1n) is 13.7. The minimum atomic E-state index is -0.780. The average molecular weight is 570 g/mol. The maximum absolute atomic E-state index is 12.0. The smallest absolute Gasteiger partial charge is 0.410 e. The Bertz CT molecular complexity index is 1120. The second-order valence-corrected chi connectivity index (χ2v) is 9.96. The van der Waals surface area contributed by atoms with E-state index in [1.807, 2.05) is 60.7 Å². The van der Waals surface area contributed by atoms with Crippen LogP contribution >= 0.6 is 0 Å². The lowest BCUT2D eigenvalue weighted by Crippen LogP contribution is -2.43. The van der Waals surface area contributed by atoms with Crippen molar-refractivity contribution in [3.63, 3.8) is 0 Å². The van der Waals surface area contributed by atoms with Crippen LogP contribution in [0.2, 0.25) is 0 Å². The molecule has 0 aliphatic carbocycles. The lowest BCUT2D eigenvalue weighted by molar-refractivity contribution is -0.174. The maximum Gasteiger partial charge on any atom is 0.410 e. The monoisotopic (exact) mass is 569 g/mol. The van der Waals surface area contributed by atoms with Crippen molar-refractivity contribution in [1.29, 1.82) is 0 Å². The predicted octanol–water partition coefficient (Wildman–Crippen LogP) is 4.17. The van der Waals surface area contributed by atoms with E-state index < -0.39 is 5.97 Å². The van der Waals surface area contributed by atoms with Crippen LogP contribution in [0.15, 0.2) is 60.7 Å². The molecule has 0 unspecified atom stereocenters. The standard InChI is InChI=1S/C16H22N2O4.C14H17NO4/c1-17(21-2)15(19)14-8-10-18(11-9-14)16(20)22-12-13-6-4-3-5-7-13;16-13(17)12-6-8-15(9-7-12)14(18)19-10-11-4-2-1-3-5-11/h3-7,14H,8-12H2,1-2H3;1-5,12H,6-10H2,(H,16,17). The molecule has 2 heterocycles. The van der Waals surface area contributed by atoms with Crippen molar-refractivity contribution in [2.45, 2.75) is 38.9 Å². The quantitative estimate of drug-likeness (QED) is 0.493. The van der Waals surface area contributed by atoms with E-state index >= 15 is 0 Å². The molecule has 2 aliphatic rings. The Balaban J connectivity index is 0.000000228. The molecule has 2 saturated heterocycles. The summed E-state index contributed by atoms with van der Waals surface area (Å²) in [6.45, 7) is 2.47. The lowest BCUT2D eigenvalue weighted by Gasteiger charge is -2.31. The van der Waals surface area contributed by atoms with Crippen LogP contribution in [-0.2, 0) is 37.1 Å². The van der Waals surface area contributed by atoms with Gasteiger partial charge in [0.15, 0.2) is 0 Å². The van der Waals surface area contributed by atoms with Gasteiger partial charge in [-0.2, -0.15) is 0 Å². The highest BCUT2D eigenvalue weighted by Crippen LogP contribution is 2.20. The zero-order valence-electron chi connectivity index (χ0n) is 23.6. The largest absolute Gasteiger partial charge is 0.481 e. The average Bonchev–Trinajstić information content (AvgIpc) is 3.03. The molecule has 0 aromatic heterocycles. The number of carbonyl (C=O) groups is 4. The van der Waals surface area contributed by atoms with E-state index in [-0.39, 0.29) is 43.1 Å². The van der Waals surface area contributed by atoms with Crippen LogP contribution in [0.3, 0.4) is 0 Å². The third-order valence-electron chi connectivity index (χ3n) is 7.20. The molecule has 11 nitrogen and oxygen atoms in total. The topological polar surface area (TPSA) is 126 Å². The van der Waals surface area contributed by atoms with Crippen molar-refractivity contribution in [2.75, 3.05) is 40.3 Å². The highest BCUT2D eigenvalue weighted by atomic mass is 16.7. The molecular formula is C30H39N3O8. The molecule has 1 N–H and O–H groups in total. The highest BCUT2D eigenvalue weighted by molar-refractivity contribution is 5.78. The lowest BCUT2D eigenvalue weighted by atomic mass is 9.96. The number of aliphatic carboxylic acids is 1. The number of rotatable bonds is 7. The summed E-state index contributed by atoms with van der Waals surface area (Å²) >= 11 is 0. The number of likely N-dealkylation sites (tertiary alicyclic amines) is 2. The third kappa shape index (κ3) is 10.1. The second kappa shape index (κ2) is 16.2. The third-order valence-corrected chi connectivity index (χ3v) is 7.20. The van der Waals surface area contributed by atoms with E-state index in [1.54, 1.807) is 16.8 Å². The van der Waals surface area contributed by atoms with Gasteiger partial charge in [-0.25, -0.2) is 14.7 Å². The Labute approximate surface area is 240 Å². The number of benzene rings is 2. The fourth-order valence-corrected chi connectivity index (χ4v) is 4.59. The molecule has 2 fully saturated rings. The molecule has 3 amide bonds. The van der Waals surface area contributed by atoms with Gasteiger partial charge in [0.25, 0.3) is 0 Å². The van der Waals surface area contributed by atoms with Crippen LogP contribution < -0.4 is 0 Å². The van der Waals surface area contributed by atoms with Crippen LogP contribution in [0, 0.1) is 11.8 Å². The van der Waals surface area contributed by atoms with E-state index in [4.69, 9.17) is 19.4 Å². The summed E-state index contributed by atoms with van der Waals surface area (Å²) in [6, 6.07) is 19.0. The summed E-state index contributed by atoms with van der Waals surface area (Å²) in [7, 11) is 3.07. The Hall–Kier alpha value is -4.12. The van der Waals surface area contributed by atoms with Crippen LogP contribution in [0.5, 0.6) is 0 Å². The molecule has 4 rings (SSSR count). The van der Waals surface area contributed by atoms with E-state index in [0.717, 1.165) is 11.1 Å². The molecule has 2 aliphatic heterocycles. The van der Waals surface area contributed by atoms with Crippen molar-refractivity contribution in [3.8, 4) is 0 Å². The summed E-state index contributed by atoms with van der Waals surface area (Å²) in [4.78, 5) is 54.7. The molecule has 0 atom stereocenters. The van der Waals surface area contributed by atoms with Crippen LogP contribution in [-0.4, -0.2) is 84.4 Å². The zero-order chi connectivity index (χ0) is 29.6. The molecule has 11 heteroatoms. The van der Waals surface area contributed by atoms with Gasteiger partial charge in [-0.1, -0.05) is 60.7 Å². The van der Waals surface area contributed by atoms with Gasteiger partial charge in [0.05, 0.1) is 13.0 Å². The van der Waals surface area contributed by atoms with Gasteiger partial charge in [-0.3, -0.25) is 14.4 Å². The van der Waals surface area contributed by atoms with Gasteiger partial charge in [0.2, 0.25) is 5.91 Å². The number of piperidine rings is 2. The van der Waals surface area contributed by atoms with Crippen molar-refractivity contribution >= 4 is 24.1 Å². The first kappa shape index (κ1) is 31.4. The molecule has 2 aromatic carbocycles. The highest BCUT2D eigenvalue weighted by Gasteiger charge is 2.30. The first-order valence-corrected chi connectivity index (χ1v) is 13.7. The molecule has 0 radical (unpaired) electrons. The van der Waals surface area contributed by atoms with Gasteiger partial charge in [0, 0.05) is 39.1 Å². The van der Waals surface area contributed by atoms with Crippen LogP contribution in [0.4, 0.5) is 9.59 Å². The minimum Gasteiger partial charge on any atom is -0.481 e. The molecule has 41 heavy (non-hydrogen) atoms. The molecular weight excluding hydrogens is 530 g/mol. The van der Waals surface area contributed by atoms with E-state index in [9.17, 15) is 19.2 Å². The van der Waals surface area contributed by atoms with Gasteiger partial charge >= 0.3 is 18.2 Å². The number of hydroxylamine groups is 2. The van der Waals surface area contributed by atoms with E-state index in [1.165, 1.54) is 12.2 Å². The Morgan fingerprint density at radius 3 is 1.49 bits per heavy atom. The zero-order valence-corrected chi connectivity index (χ0v) is 23.6. The van der Waals surface area contributed by atoms with Gasteiger partial charge in [-0.05, 0) is 36.8 Å². The Kier molecular flexibility index (Phi) is 12.4. The normalized spacial score (nSPS) is 15.8. The number of nitrogens with zero attached hydrogens (tertiary/aromatic N) is 3. The summed E-state index contributed by atoms with van der Waals surface area (Å²) in [5.41, 5.74) is 1.90. The van der Waals surface area contributed by atoms with Crippen LogP contribution in [0.25, 0.3) is 0 Å². The number of carbonyl (C=O) groups excluding carboxylic acids is 3. The second-order valence-electron chi connectivity index (χ2n) is 9.96. The summed E-state index contributed by atoms with van der Waals surface area (Å²) < 4.78 is 10.5. The molecule has 0 bridgehead atoms. The molecule has 0 spiro atoms. The molecule has 222 valence electrons. The number of amides is 3. The fourth-order valence-electron chi connectivity index (χ4n) is 4.59. The number of hydrogen-bond acceptors (Lipinski definition) is 7. The maximum atomic E-state index is 12.0.